The van der Waals surface area contributed by atoms with Crippen LogP contribution in [0.25, 0.3) is 0 Å². The molecule has 1 saturated heterocycles. The molecule has 21 heavy (non-hydrogen) atoms. The quantitative estimate of drug-likeness (QED) is 0.786. The third-order valence-electron chi connectivity index (χ3n) is 3.60. The highest BCUT2D eigenvalue weighted by Crippen LogP contribution is 2.14. The van der Waals surface area contributed by atoms with E-state index in [-0.39, 0.29) is 12.0 Å². The van der Waals surface area contributed by atoms with Gasteiger partial charge in [-0.05, 0) is 38.7 Å². The predicted octanol–water partition coefficient (Wildman–Crippen LogP) is 1.46. The van der Waals surface area contributed by atoms with E-state index < -0.39 is 0 Å². The fourth-order valence-corrected chi connectivity index (χ4v) is 2.41. The summed E-state index contributed by atoms with van der Waals surface area (Å²) in [6, 6.07) is 7.24. The highest BCUT2D eigenvalue weighted by Gasteiger charge is 2.25. The average Bonchev–Trinajstić information content (AvgIpc) is 2.52. The first-order valence-corrected chi connectivity index (χ1v) is 7.22. The van der Waals surface area contributed by atoms with Crippen LogP contribution in [-0.4, -0.2) is 62.1 Å². The maximum Gasteiger partial charge on any atom is 0.254 e. The van der Waals surface area contributed by atoms with Crippen molar-refractivity contribution in [3.8, 4) is 12.3 Å². The van der Waals surface area contributed by atoms with Crippen molar-refractivity contribution < 1.29 is 9.53 Å². The number of benzene rings is 1. The van der Waals surface area contributed by atoms with Gasteiger partial charge in [0.15, 0.2) is 0 Å². The van der Waals surface area contributed by atoms with E-state index in [1.165, 1.54) is 0 Å². The van der Waals surface area contributed by atoms with E-state index in [1.807, 2.05) is 37.2 Å². The normalized spacial score (nSPS) is 18.6. The summed E-state index contributed by atoms with van der Waals surface area (Å²) in [7, 11) is 4.08. The van der Waals surface area contributed by atoms with Gasteiger partial charge in [0.2, 0.25) is 0 Å². The summed E-state index contributed by atoms with van der Waals surface area (Å²) in [5.41, 5.74) is 1.39. The molecule has 0 spiro atoms. The number of ether oxygens (including phenoxy) is 1. The monoisotopic (exact) mass is 286 g/mol. The second-order valence-electron chi connectivity index (χ2n) is 5.56. The van der Waals surface area contributed by atoms with Crippen molar-refractivity contribution in [3.63, 3.8) is 0 Å². The molecule has 1 aromatic carbocycles. The Kier molecular flexibility index (Phi) is 5.38. The Morgan fingerprint density at radius 1 is 1.52 bits per heavy atom. The van der Waals surface area contributed by atoms with Crippen LogP contribution in [0.4, 0.5) is 0 Å². The van der Waals surface area contributed by atoms with Gasteiger partial charge in [0.05, 0.1) is 12.7 Å². The van der Waals surface area contributed by atoms with Crippen LogP contribution in [0.1, 0.15) is 22.3 Å². The van der Waals surface area contributed by atoms with Crippen LogP contribution in [0.2, 0.25) is 0 Å². The molecule has 0 unspecified atom stereocenters. The summed E-state index contributed by atoms with van der Waals surface area (Å²) in [5.74, 6) is 2.60. The molecule has 0 bridgehead atoms. The molecule has 0 radical (unpaired) electrons. The summed E-state index contributed by atoms with van der Waals surface area (Å²) in [6.07, 6.45) is 6.43. The fourth-order valence-electron chi connectivity index (χ4n) is 2.41. The standard InChI is InChI=1S/C17H22N2O2/c1-4-14-6-5-7-15(12-14)17(20)19-10-11-21-16(13-19)8-9-18(2)3/h1,5-7,12,16H,8-11,13H2,2-3H3/t16-/m1/s1. The average molecular weight is 286 g/mol. The summed E-state index contributed by atoms with van der Waals surface area (Å²) in [6.45, 7) is 2.84. The lowest BCUT2D eigenvalue weighted by molar-refractivity contribution is -0.0269. The van der Waals surface area contributed by atoms with E-state index in [2.05, 4.69) is 10.8 Å². The van der Waals surface area contributed by atoms with Gasteiger partial charge < -0.3 is 14.5 Å². The van der Waals surface area contributed by atoms with Crippen LogP contribution >= 0.6 is 0 Å². The van der Waals surface area contributed by atoms with Gasteiger partial charge in [0.1, 0.15) is 0 Å². The van der Waals surface area contributed by atoms with Crippen LogP contribution < -0.4 is 0 Å². The summed E-state index contributed by atoms with van der Waals surface area (Å²) in [4.78, 5) is 16.5. The summed E-state index contributed by atoms with van der Waals surface area (Å²) in [5, 5.41) is 0. The molecule has 0 N–H and O–H groups in total. The van der Waals surface area contributed by atoms with Crippen molar-refractivity contribution >= 4 is 5.91 Å². The van der Waals surface area contributed by atoms with Gasteiger partial charge in [-0.15, -0.1) is 6.42 Å². The molecule has 1 heterocycles. The topological polar surface area (TPSA) is 32.8 Å². The van der Waals surface area contributed by atoms with Crippen molar-refractivity contribution in [2.45, 2.75) is 12.5 Å². The van der Waals surface area contributed by atoms with E-state index in [0.717, 1.165) is 18.5 Å². The van der Waals surface area contributed by atoms with E-state index >= 15 is 0 Å². The lowest BCUT2D eigenvalue weighted by Gasteiger charge is -2.33. The van der Waals surface area contributed by atoms with Gasteiger partial charge >= 0.3 is 0 Å². The van der Waals surface area contributed by atoms with Crippen LogP contribution in [0.15, 0.2) is 24.3 Å². The number of nitrogens with zero attached hydrogens (tertiary/aromatic N) is 2. The smallest absolute Gasteiger partial charge is 0.254 e. The molecular weight excluding hydrogens is 264 g/mol. The minimum absolute atomic E-state index is 0.0326. The lowest BCUT2D eigenvalue weighted by Crippen LogP contribution is -2.46. The first-order chi connectivity index (χ1) is 10.1. The maximum absolute atomic E-state index is 12.5. The van der Waals surface area contributed by atoms with E-state index in [0.29, 0.717) is 25.3 Å². The van der Waals surface area contributed by atoms with Crippen molar-refractivity contribution in [1.29, 1.82) is 0 Å². The Morgan fingerprint density at radius 3 is 3.05 bits per heavy atom. The largest absolute Gasteiger partial charge is 0.374 e. The van der Waals surface area contributed by atoms with E-state index in [4.69, 9.17) is 11.2 Å². The van der Waals surface area contributed by atoms with Crippen LogP contribution in [-0.2, 0) is 4.74 Å². The Bertz CT molecular complexity index is 534. The third kappa shape index (κ3) is 4.32. The molecule has 1 aliphatic heterocycles. The van der Waals surface area contributed by atoms with Crippen molar-refractivity contribution in [2.75, 3.05) is 40.3 Å². The zero-order valence-corrected chi connectivity index (χ0v) is 12.7. The molecule has 2 rings (SSSR count). The van der Waals surface area contributed by atoms with Crippen molar-refractivity contribution in [3.05, 3.63) is 35.4 Å². The number of rotatable bonds is 4. The summed E-state index contributed by atoms with van der Waals surface area (Å²) >= 11 is 0. The number of terminal acetylenes is 1. The summed E-state index contributed by atoms with van der Waals surface area (Å²) < 4.78 is 5.74. The molecule has 1 fully saturated rings. The molecular formula is C17H22N2O2. The van der Waals surface area contributed by atoms with E-state index in [9.17, 15) is 4.79 Å². The Hall–Kier alpha value is -1.83. The molecule has 0 aromatic heterocycles. The van der Waals surface area contributed by atoms with Crippen LogP contribution in [0.5, 0.6) is 0 Å². The number of hydrogen-bond acceptors (Lipinski definition) is 3. The van der Waals surface area contributed by atoms with Gasteiger partial charge in [-0.1, -0.05) is 12.0 Å². The van der Waals surface area contributed by atoms with Crippen LogP contribution in [0.3, 0.4) is 0 Å². The molecule has 1 aromatic rings. The third-order valence-corrected chi connectivity index (χ3v) is 3.60. The molecule has 4 heteroatoms. The Balaban J connectivity index is 2.00. The van der Waals surface area contributed by atoms with Gasteiger partial charge in [-0.25, -0.2) is 0 Å². The zero-order valence-electron chi connectivity index (χ0n) is 12.7. The highest BCUT2D eigenvalue weighted by molar-refractivity contribution is 5.94. The predicted molar refractivity (Wildman–Crippen MR) is 83.2 cm³/mol. The number of carbonyl (C=O) groups excluding carboxylic acids is 1. The number of hydrogen-bond donors (Lipinski definition) is 0. The second-order valence-corrected chi connectivity index (χ2v) is 5.56. The maximum atomic E-state index is 12.5. The minimum Gasteiger partial charge on any atom is -0.374 e. The molecule has 1 amide bonds. The first kappa shape index (κ1) is 15.6. The Labute approximate surface area is 126 Å². The first-order valence-electron chi connectivity index (χ1n) is 7.22. The zero-order chi connectivity index (χ0) is 15.2. The van der Waals surface area contributed by atoms with Gasteiger partial charge in [0.25, 0.3) is 5.91 Å². The van der Waals surface area contributed by atoms with Gasteiger partial charge in [-0.2, -0.15) is 0 Å². The molecule has 0 saturated carbocycles. The van der Waals surface area contributed by atoms with Crippen LogP contribution in [0, 0.1) is 12.3 Å². The molecule has 4 nitrogen and oxygen atoms in total. The molecule has 1 atom stereocenters. The van der Waals surface area contributed by atoms with Crippen molar-refractivity contribution in [1.82, 2.24) is 9.80 Å². The fraction of sp³-hybridized carbons (Fsp3) is 0.471. The number of amides is 1. The minimum atomic E-state index is 0.0326. The SMILES string of the molecule is C#Cc1cccc(C(=O)N2CCO[C@H](CCN(C)C)C2)c1. The molecule has 1 aliphatic rings. The van der Waals surface area contributed by atoms with Gasteiger partial charge in [-0.3, -0.25) is 4.79 Å². The number of carbonyl (C=O) groups is 1. The lowest BCUT2D eigenvalue weighted by atomic mass is 10.1. The van der Waals surface area contributed by atoms with Crippen molar-refractivity contribution in [2.24, 2.45) is 0 Å². The second kappa shape index (κ2) is 7.26. The Morgan fingerprint density at radius 2 is 2.33 bits per heavy atom. The molecule has 112 valence electrons. The van der Waals surface area contributed by atoms with E-state index in [1.54, 1.807) is 6.07 Å². The molecule has 0 aliphatic carbocycles. The number of morpholine rings is 1. The van der Waals surface area contributed by atoms with Gasteiger partial charge in [0, 0.05) is 30.8 Å². The highest BCUT2D eigenvalue weighted by atomic mass is 16.5.